The molecule has 0 unspecified atom stereocenters. The molecule has 0 radical (unpaired) electrons. The fourth-order valence-corrected chi connectivity index (χ4v) is 2.80. The average Bonchev–Trinajstić information content (AvgIpc) is 2.73. The van der Waals surface area contributed by atoms with E-state index in [0.29, 0.717) is 17.7 Å². The summed E-state index contributed by atoms with van der Waals surface area (Å²) in [7, 11) is 3.11. The Kier molecular flexibility index (Phi) is 3.89. The zero-order chi connectivity index (χ0) is 15.0. The third-order valence-electron chi connectivity index (χ3n) is 3.01. The normalized spacial score (nSPS) is 11.2. The van der Waals surface area contributed by atoms with Crippen LogP contribution in [0, 0.1) is 0 Å². The molecule has 0 amide bonds. The van der Waals surface area contributed by atoms with E-state index >= 15 is 0 Å². The molecule has 0 aliphatic heterocycles. The van der Waals surface area contributed by atoms with Gasteiger partial charge in [-0.05, 0) is 12.7 Å². The van der Waals surface area contributed by atoms with E-state index in [0.717, 1.165) is 21.0 Å². The van der Waals surface area contributed by atoms with Crippen LogP contribution in [0.4, 0.5) is 0 Å². The van der Waals surface area contributed by atoms with Crippen molar-refractivity contribution in [2.45, 2.75) is 25.5 Å². The SMILES string of the molecule is C=C(C)Cn1c(SCC)nc2c1c(=O)n(C)c(=O)n2C. The van der Waals surface area contributed by atoms with E-state index in [-0.39, 0.29) is 11.2 Å². The smallest absolute Gasteiger partial charge is 0.309 e. The minimum Gasteiger partial charge on any atom is -0.309 e. The number of nitrogens with zero attached hydrogens (tertiary/aromatic N) is 4. The van der Waals surface area contributed by atoms with E-state index in [4.69, 9.17) is 0 Å². The van der Waals surface area contributed by atoms with Crippen LogP contribution in [0.15, 0.2) is 26.9 Å². The monoisotopic (exact) mass is 294 g/mol. The minimum absolute atomic E-state index is 0.320. The fraction of sp³-hybridized carbons (Fsp3) is 0.462. The van der Waals surface area contributed by atoms with Crippen LogP contribution in [0.5, 0.6) is 0 Å². The molecule has 6 nitrogen and oxygen atoms in total. The van der Waals surface area contributed by atoms with Crippen LogP contribution in [0.3, 0.4) is 0 Å². The third-order valence-corrected chi connectivity index (χ3v) is 3.87. The highest BCUT2D eigenvalue weighted by molar-refractivity contribution is 7.99. The van der Waals surface area contributed by atoms with Crippen molar-refractivity contribution in [3.63, 3.8) is 0 Å². The maximum atomic E-state index is 12.4. The Hall–Kier alpha value is -1.76. The molecule has 0 aliphatic rings. The number of fused-ring (bicyclic) bond motifs is 1. The number of aryl methyl sites for hydroxylation is 1. The van der Waals surface area contributed by atoms with Gasteiger partial charge in [0.15, 0.2) is 16.3 Å². The van der Waals surface area contributed by atoms with Crippen LogP contribution in [0.25, 0.3) is 11.2 Å². The molecule has 0 atom stereocenters. The molecule has 0 bridgehead atoms. The summed E-state index contributed by atoms with van der Waals surface area (Å²) in [4.78, 5) is 28.8. The van der Waals surface area contributed by atoms with Gasteiger partial charge in [-0.15, -0.1) is 0 Å². The van der Waals surface area contributed by atoms with E-state index in [2.05, 4.69) is 11.6 Å². The van der Waals surface area contributed by atoms with Gasteiger partial charge in [0.05, 0.1) is 0 Å². The Morgan fingerprint density at radius 2 is 1.95 bits per heavy atom. The lowest BCUT2D eigenvalue weighted by Gasteiger charge is -2.08. The fourth-order valence-electron chi connectivity index (χ4n) is 2.08. The Labute approximate surface area is 120 Å². The van der Waals surface area contributed by atoms with Crippen LogP contribution in [0.1, 0.15) is 13.8 Å². The molecule has 108 valence electrons. The number of aromatic nitrogens is 4. The van der Waals surface area contributed by atoms with Crippen molar-refractivity contribution in [2.75, 3.05) is 5.75 Å². The van der Waals surface area contributed by atoms with Gasteiger partial charge in [0.1, 0.15) is 0 Å². The Morgan fingerprint density at radius 1 is 1.30 bits per heavy atom. The first-order chi connectivity index (χ1) is 9.38. The molecular weight excluding hydrogens is 276 g/mol. The molecule has 2 heterocycles. The van der Waals surface area contributed by atoms with E-state index in [9.17, 15) is 9.59 Å². The number of allylic oxidation sites excluding steroid dienone is 1. The van der Waals surface area contributed by atoms with Crippen LogP contribution in [-0.2, 0) is 20.6 Å². The predicted molar refractivity (Wildman–Crippen MR) is 81.4 cm³/mol. The van der Waals surface area contributed by atoms with Gasteiger partial charge in [-0.3, -0.25) is 13.9 Å². The van der Waals surface area contributed by atoms with Crippen molar-refractivity contribution < 1.29 is 0 Å². The quantitative estimate of drug-likeness (QED) is 0.626. The third kappa shape index (κ3) is 2.22. The summed E-state index contributed by atoms with van der Waals surface area (Å²) in [6, 6.07) is 0. The lowest BCUT2D eigenvalue weighted by atomic mass is 10.3. The molecule has 20 heavy (non-hydrogen) atoms. The number of hydrogen-bond acceptors (Lipinski definition) is 4. The number of thioether (sulfide) groups is 1. The molecule has 0 saturated heterocycles. The van der Waals surface area contributed by atoms with Crippen LogP contribution < -0.4 is 11.2 Å². The first kappa shape index (κ1) is 14.6. The molecule has 2 rings (SSSR count). The van der Waals surface area contributed by atoms with Crippen molar-refractivity contribution in [1.29, 1.82) is 0 Å². The summed E-state index contributed by atoms with van der Waals surface area (Å²) >= 11 is 1.55. The number of imidazole rings is 1. The first-order valence-electron chi connectivity index (χ1n) is 6.31. The van der Waals surface area contributed by atoms with Gasteiger partial charge in [0.25, 0.3) is 5.56 Å². The largest absolute Gasteiger partial charge is 0.332 e. The van der Waals surface area contributed by atoms with Gasteiger partial charge in [-0.2, -0.15) is 0 Å². The Balaban J connectivity index is 2.93. The lowest BCUT2D eigenvalue weighted by molar-refractivity contribution is 0.694. The maximum Gasteiger partial charge on any atom is 0.332 e. The number of hydrogen-bond donors (Lipinski definition) is 0. The molecule has 0 saturated carbocycles. The van der Waals surface area contributed by atoms with Crippen LogP contribution >= 0.6 is 11.8 Å². The molecule has 2 aromatic rings. The molecule has 0 aromatic carbocycles. The highest BCUT2D eigenvalue weighted by atomic mass is 32.2. The van der Waals surface area contributed by atoms with Gasteiger partial charge in [-0.25, -0.2) is 9.78 Å². The van der Waals surface area contributed by atoms with Gasteiger partial charge >= 0.3 is 5.69 Å². The topological polar surface area (TPSA) is 61.8 Å². The van der Waals surface area contributed by atoms with Crippen molar-refractivity contribution in [1.82, 2.24) is 18.7 Å². The van der Waals surface area contributed by atoms with Crippen molar-refractivity contribution >= 4 is 22.9 Å². The van der Waals surface area contributed by atoms with Crippen molar-refractivity contribution in [3.05, 3.63) is 33.0 Å². The van der Waals surface area contributed by atoms with E-state index in [1.54, 1.807) is 18.8 Å². The summed E-state index contributed by atoms with van der Waals surface area (Å²) in [5.41, 5.74) is 1.12. The highest BCUT2D eigenvalue weighted by Gasteiger charge is 2.18. The zero-order valence-corrected chi connectivity index (χ0v) is 13.0. The van der Waals surface area contributed by atoms with Crippen molar-refractivity contribution in [2.24, 2.45) is 14.1 Å². The molecular formula is C13H18N4O2S. The van der Waals surface area contributed by atoms with Gasteiger partial charge < -0.3 is 4.57 Å². The van der Waals surface area contributed by atoms with Crippen LogP contribution in [0.2, 0.25) is 0 Å². The number of rotatable bonds is 4. The predicted octanol–water partition coefficient (Wildman–Crippen LogP) is 1.12. The van der Waals surface area contributed by atoms with E-state index in [1.165, 1.54) is 11.6 Å². The van der Waals surface area contributed by atoms with E-state index < -0.39 is 0 Å². The highest BCUT2D eigenvalue weighted by Crippen LogP contribution is 2.22. The van der Waals surface area contributed by atoms with Crippen molar-refractivity contribution in [3.8, 4) is 0 Å². The van der Waals surface area contributed by atoms with Gasteiger partial charge in [-0.1, -0.05) is 30.8 Å². The second-order valence-corrected chi connectivity index (χ2v) is 5.98. The molecule has 2 aromatic heterocycles. The molecule has 0 spiro atoms. The molecule has 0 N–H and O–H groups in total. The summed E-state index contributed by atoms with van der Waals surface area (Å²) in [5.74, 6) is 0.841. The average molecular weight is 294 g/mol. The minimum atomic E-state index is -0.365. The lowest BCUT2D eigenvalue weighted by Crippen LogP contribution is -2.37. The Bertz CT molecular complexity index is 797. The summed E-state index contributed by atoms with van der Waals surface area (Å²) < 4.78 is 4.36. The standard InChI is InChI=1S/C13H18N4O2S/c1-6-20-12-14-10-9(17(12)7-8(2)3)11(18)16(5)13(19)15(10)4/h2,6-7H2,1,3-5H3. The van der Waals surface area contributed by atoms with E-state index in [1.807, 2.05) is 18.4 Å². The molecule has 0 aliphatic carbocycles. The summed E-state index contributed by atoms with van der Waals surface area (Å²) in [6.45, 7) is 8.34. The van der Waals surface area contributed by atoms with Gasteiger partial charge in [0, 0.05) is 20.6 Å². The maximum absolute atomic E-state index is 12.4. The van der Waals surface area contributed by atoms with Gasteiger partial charge in [0.2, 0.25) is 0 Å². The summed E-state index contributed by atoms with van der Waals surface area (Å²) in [6.07, 6.45) is 0. The molecule has 7 heteroatoms. The zero-order valence-electron chi connectivity index (χ0n) is 12.1. The second kappa shape index (κ2) is 5.32. The second-order valence-electron chi connectivity index (χ2n) is 4.75. The summed E-state index contributed by atoms with van der Waals surface area (Å²) in [5, 5.41) is 0.740. The molecule has 0 fully saturated rings. The Morgan fingerprint density at radius 3 is 2.50 bits per heavy atom. The first-order valence-corrected chi connectivity index (χ1v) is 7.30. The van der Waals surface area contributed by atoms with Crippen LogP contribution in [-0.4, -0.2) is 24.4 Å².